The van der Waals surface area contributed by atoms with Crippen molar-refractivity contribution in [1.29, 1.82) is 0 Å². The normalized spacial score (nSPS) is 20.1. The highest BCUT2D eigenvalue weighted by Crippen LogP contribution is 2.38. The minimum Gasteiger partial charge on any atom is -0.481 e. The summed E-state index contributed by atoms with van der Waals surface area (Å²) < 4.78 is 1.85. The summed E-state index contributed by atoms with van der Waals surface area (Å²) >= 11 is 0. The third-order valence-electron chi connectivity index (χ3n) is 8.46. The maximum absolute atomic E-state index is 13.7. The Morgan fingerprint density at radius 2 is 1.92 bits per heavy atom. The van der Waals surface area contributed by atoms with Crippen LogP contribution in [-0.2, 0) is 29.1 Å². The Kier molecular flexibility index (Phi) is 6.72. The van der Waals surface area contributed by atoms with E-state index < -0.39 is 11.4 Å². The molecule has 0 spiro atoms. The number of hydrogen-bond acceptors (Lipinski definition) is 4. The van der Waals surface area contributed by atoms with Crippen LogP contribution >= 0.6 is 0 Å². The van der Waals surface area contributed by atoms with Crippen molar-refractivity contribution >= 4 is 22.9 Å². The van der Waals surface area contributed by atoms with Crippen LogP contribution in [0.3, 0.4) is 0 Å². The summed E-state index contributed by atoms with van der Waals surface area (Å²) in [5.74, 6) is -1.02. The monoisotopic (exact) mass is 512 g/mol. The van der Waals surface area contributed by atoms with Crippen LogP contribution in [-0.4, -0.2) is 43.4 Å². The third kappa shape index (κ3) is 4.55. The van der Waals surface area contributed by atoms with Gasteiger partial charge in [-0.2, -0.15) is 0 Å². The molecule has 7 nitrogen and oxygen atoms in total. The average Bonchev–Trinajstić information content (AvgIpc) is 3.33. The van der Waals surface area contributed by atoms with E-state index in [9.17, 15) is 14.7 Å². The van der Waals surface area contributed by atoms with Crippen LogP contribution in [0.15, 0.2) is 53.6 Å². The second kappa shape index (κ2) is 9.86. The number of amides is 1. The lowest BCUT2D eigenvalue weighted by molar-refractivity contribution is -0.140. The van der Waals surface area contributed by atoms with Crippen molar-refractivity contribution in [3.63, 3.8) is 0 Å². The maximum Gasteiger partial charge on any atom is 0.304 e. The van der Waals surface area contributed by atoms with Crippen LogP contribution in [0, 0.1) is 12.3 Å². The third-order valence-corrected chi connectivity index (χ3v) is 8.46. The van der Waals surface area contributed by atoms with Crippen molar-refractivity contribution in [2.24, 2.45) is 5.41 Å². The molecule has 2 aliphatic rings. The van der Waals surface area contributed by atoms with Crippen molar-refractivity contribution in [3.8, 4) is 0 Å². The predicted molar refractivity (Wildman–Crippen MR) is 148 cm³/mol. The largest absolute Gasteiger partial charge is 0.481 e. The fourth-order valence-corrected chi connectivity index (χ4v) is 6.05. The molecule has 1 aliphatic carbocycles. The number of hydrogen-bond donors (Lipinski definition) is 1. The molecule has 2 heterocycles. The summed E-state index contributed by atoms with van der Waals surface area (Å²) in [7, 11) is 0. The molecule has 1 aliphatic heterocycles. The lowest BCUT2D eigenvalue weighted by Gasteiger charge is -2.37. The molecule has 2 aromatic carbocycles. The zero-order valence-electron chi connectivity index (χ0n) is 22.9. The van der Waals surface area contributed by atoms with E-state index in [-0.39, 0.29) is 18.2 Å². The van der Waals surface area contributed by atoms with Crippen LogP contribution < -0.4 is 0 Å². The Hall–Kier alpha value is -3.74. The number of benzene rings is 2. The zero-order chi connectivity index (χ0) is 27.2. The van der Waals surface area contributed by atoms with Gasteiger partial charge in [0.05, 0.1) is 17.4 Å². The Morgan fingerprint density at radius 1 is 1.13 bits per heavy atom. The summed E-state index contributed by atoms with van der Waals surface area (Å²) in [5.41, 5.74) is 8.89. The first kappa shape index (κ1) is 25.9. The second-order valence-electron chi connectivity index (χ2n) is 11.1. The quantitative estimate of drug-likeness (QED) is 0.468. The van der Waals surface area contributed by atoms with Crippen molar-refractivity contribution in [2.75, 3.05) is 6.54 Å². The van der Waals surface area contributed by atoms with Crippen molar-refractivity contribution in [1.82, 2.24) is 19.9 Å². The van der Waals surface area contributed by atoms with Crippen molar-refractivity contribution < 1.29 is 14.7 Å². The van der Waals surface area contributed by atoms with Gasteiger partial charge in [0.2, 0.25) is 5.91 Å². The number of nitrogens with zero attached hydrogens (tertiary/aromatic N) is 4. The first-order chi connectivity index (χ1) is 18.1. The maximum atomic E-state index is 13.7. The lowest BCUT2D eigenvalue weighted by Crippen LogP contribution is -2.44. The molecule has 7 heteroatoms. The number of aliphatic carboxylic acids is 1. The summed E-state index contributed by atoms with van der Waals surface area (Å²) in [6.07, 6.45) is 5.64. The first-order valence-corrected chi connectivity index (χ1v) is 13.4. The van der Waals surface area contributed by atoms with E-state index in [1.807, 2.05) is 42.5 Å². The van der Waals surface area contributed by atoms with Crippen molar-refractivity contribution in [2.45, 2.75) is 72.9 Å². The molecule has 198 valence electrons. The van der Waals surface area contributed by atoms with Gasteiger partial charge in [-0.1, -0.05) is 52.8 Å². The van der Waals surface area contributed by atoms with Crippen LogP contribution in [0.25, 0.3) is 11.0 Å². The van der Waals surface area contributed by atoms with Gasteiger partial charge in [-0.05, 0) is 81.3 Å². The lowest BCUT2D eigenvalue weighted by atomic mass is 9.77. The number of carbonyl (C=O) groups is 2. The number of allylic oxidation sites excluding steroid dienone is 3. The van der Waals surface area contributed by atoms with Gasteiger partial charge in [0, 0.05) is 25.6 Å². The minimum atomic E-state index is -0.850. The number of fused-ring (bicyclic) bond motifs is 2. The van der Waals surface area contributed by atoms with Gasteiger partial charge in [0.15, 0.2) is 0 Å². The van der Waals surface area contributed by atoms with E-state index in [2.05, 4.69) is 54.5 Å². The van der Waals surface area contributed by atoms with Gasteiger partial charge in [-0.15, -0.1) is 5.10 Å². The summed E-state index contributed by atoms with van der Waals surface area (Å²) in [5, 5.41) is 18.5. The van der Waals surface area contributed by atoms with Crippen LogP contribution in [0.1, 0.15) is 74.3 Å². The fourth-order valence-electron chi connectivity index (χ4n) is 6.05. The number of carboxylic acids is 1. The molecule has 2 atom stereocenters. The van der Waals surface area contributed by atoms with E-state index in [0.29, 0.717) is 13.1 Å². The number of rotatable bonds is 6. The fraction of sp³-hybridized carbons (Fsp3) is 0.419. The molecule has 1 aromatic heterocycles. The number of aromatic nitrogens is 3. The highest BCUT2D eigenvalue weighted by molar-refractivity contribution is 5.85. The molecule has 1 unspecified atom stereocenters. The molecule has 0 fully saturated rings. The van der Waals surface area contributed by atoms with Crippen LogP contribution in [0.5, 0.6) is 0 Å². The molecular weight excluding hydrogens is 476 g/mol. The van der Waals surface area contributed by atoms with E-state index in [1.54, 1.807) is 0 Å². The highest BCUT2D eigenvalue weighted by Gasteiger charge is 2.37. The molecule has 0 saturated carbocycles. The van der Waals surface area contributed by atoms with Gasteiger partial charge < -0.3 is 10.0 Å². The topological polar surface area (TPSA) is 88.3 Å². The van der Waals surface area contributed by atoms with Gasteiger partial charge in [0.25, 0.3) is 0 Å². The van der Waals surface area contributed by atoms with Gasteiger partial charge in [-0.3, -0.25) is 9.59 Å². The molecule has 0 radical (unpaired) electrons. The summed E-state index contributed by atoms with van der Waals surface area (Å²) in [6, 6.07) is 10.3. The Balaban J connectivity index is 1.47. The second-order valence-corrected chi connectivity index (χ2v) is 11.1. The Morgan fingerprint density at radius 3 is 2.63 bits per heavy atom. The SMILES string of the molecule is CCn1nnc2c(C)c([C@@H](CC(=O)O)c3ccc4c(c3)CN(C(=O)C3(C)C=CC(C)=C(C)C3)CC4)ccc21. The zero-order valence-corrected chi connectivity index (χ0v) is 22.9. The van der Waals surface area contributed by atoms with Crippen molar-refractivity contribution in [3.05, 3.63) is 81.4 Å². The molecular formula is C31H36N4O3. The Labute approximate surface area is 223 Å². The van der Waals surface area contributed by atoms with E-state index in [1.165, 1.54) is 16.7 Å². The van der Waals surface area contributed by atoms with E-state index in [0.717, 1.165) is 52.7 Å². The van der Waals surface area contributed by atoms with Gasteiger partial charge >= 0.3 is 5.97 Å². The number of carboxylic acid groups (broad SMARTS) is 1. The van der Waals surface area contributed by atoms with E-state index >= 15 is 0 Å². The summed E-state index contributed by atoms with van der Waals surface area (Å²) in [6.45, 7) is 12.2. The van der Waals surface area contributed by atoms with Crippen LogP contribution in [0.2, 0.25) is 0 Å². The molecule has 3 aromatic rings. The average molecular weight is 513 g/mol. The minimum absolute atomic E-state index is 0.0243. The smallest absolute Gasteiger partial charge is 0.304 e. The number of carbonyl (C=O) groups excluding carboxylic acids is 1. The van der Waals surface area contributed by atoms with Gasteiger partial charge in [-0.25, -0.2) is 4.68 Å². The first-order valence-electron chi connectivity index (χ1n) is 13.4. The Bertz CT molecular complexity index is 1500. The molecule has 0 saturated heterocycles. The molecule has 5 rings (SSSR count). The molecule has 38 heavy (non-hydrogen) atoms. The molecule has 0 bridgehead atoms. The molecule has 1 amide bonds. The highest BCUT2D eigenvalue weighted by atomic mass is 16.4. The summed E-state index contributed by atoms with van der Waals surface area (Å²) in [4.78, 5) is 27.6. The van der Waals surface area contributed by atoms with E-state index in [4.69, 9.17) is 0 Å². The standard InChI is InChI=1S/C31H36N4O3/c1-6-35-27-10-9-25(21(4)29(27)32-33-35)26(16-28(36)37)23-8-7-22-12-14-34(18-24(22)15-23)30(38)31(5)13-11-19(2)20(3)17-31/h7-11,13,15,26H,6,12,14,16-18H2,1-5H3,(H,36,37)/t26-,31?/m0/s1. The van der Waals surface area contributed by atoms with Gasteiger partial charge in [0.1, 0.15) is 5.52 Å². The number of aryl methyl sites for hydroxylation is 2. The molecule has 1 N–H and O–H groups in total. The van der Waals surface area contributed by atoms with Crippen LogP contribution in [0.4, 0.5) is 0 Å². The predicted octanol–water partition coefficient (Wildman–Crippen LogP) is 5.55.